The largest absolute Gasteiger partial charge is 0.249 e. The molecule has 1 unspecified atom stereocenters. The van der Waals surface area contributed by atoms with E-state index >= 15 is 0 Å². The lowest BCUT2D eigenvalue weighted by atomic mass is 10.3. The molecule has 78 valence electrons. The highest BCUT2D eigenvalue weighted by Crippen LogP contribution is 2.22. The van der Waals surface area contributed by atoms with Crippen LogP contribution in [0.4, 0.5) is 4.39 Å². The summed E-state index contributed by atoms with van der Waals surface area (Å²) in [6, 6.07) is 3.73. The summed E-state index contributed by atoms with van der Waals surface area (Å²) in [5.74, 6) is -0.561. The van der Waals surface area contributed by atoms with Crippen LogP contribution in [0.1, 0.15) is 13.8 Å². The van der Waals surface area contributed by atoms with Crippen molar-refractivity contribution in [3.8, 4) is 0 Å². The summed E-state index contributed by atoms with van der Waals surface area (Å²) in [6.07, 6.45) is 0. The van der Waals surface area contributed by atoms with Gasteiger partial charge in [0.15, 0.2) is 0 Å². The summed E-state index contributed by atoms with van der Waals surface area (Å²) in [7, 11) is -2.87. The zero-order chi connectivity index (χ0) is 10.9. The molecule has 1 aromatic rings. The van der Waals surface area contributed by atoms with Crippen molar-refractivity contribution in [2.75, 3.05) is 0 Å². The first kappa shape index (κ1) is 11.5. The Morgan fingerprint density at radius 3 is 2.50 bits per heavy atom. The fourth-order valence-electron chi connectivity index (χ4n) is 0.938. The number of benzene rings is 1. The minimum Gasteiger partial charge on any atom is -0.249 e. The van der Waals surface area contributed by atoms with Crippen LogP contribution in [0.5, 0.6) is 0 Å². The number of halogens is 2. The number of nitrogens with one attached hydrogen (secondary N) is 1. The third-order valence-corrected chi connectivity index (χ3v) is 4.48. The van der Waals surface area contributed by atoms with Gasteiger partial charge in [-0.3, -0.25) is 0 Å². The van der Waals surface area contributed by atoms with Gasteiger partial charge < -0.3 is 0 Å². The Morgan fingerprint density at radius 1 is 1.50 bits per heavy atom. The zero-order valence-corrected chi connectivity index (χ0v) is 9.45. The smallest absolute Gasteiger partial charge is 0.141 e. The van der Waals surface area contributed by atoms with Gasteiger partial charge in [-0.25, -0.2) is 13.4 Å². The first-order valence-corrected chi connectivity index (χ1v) is 6.08. The molecule has 5 heteroatoms. The van der Waals surface area contributed by atoms with Crippen LogP contribution in [0.25, 0.3) is 0 Å². The predicted molar refractivity (Wildman–Crippen MR) is 55.7 cm³/mol. The SMILES string of the molecule is CC(C)S(=N)(=O)c1ccc(F)c(Cl)c1. The van der Waals surface area contributed by atoms with Crippen LogP contribution in [0.3, 0.4) is 0 Å². The van der Waals surface area contributed by atoms with Crippen molar-refractivity contribution in [3.05, 3.63) is 29.0 Å². The van der Waals surface area contributed by atoms with Gasteiger partial charge in [0.05, 0.1) is 14.8 Å². The van der Waals surface area contributed by atoms with E-state index in [1.54, 1.807) is 13.8 Å². The number of hydrogen-bond donors (Lipinski definition) is 1. The second kappa shape index (κ2) is 3.87. The lowest BCUT2D eigenvalue weighted by Gasteiger charge is -2.11. The molecule has 0 aliphatic carbocycles. The maximum Gasteiger partial charge on any atom is 0.141 e. The molecule has 0 amide bonds. The van der Waals surface area contributed by atoms with E-state index in [1.165, 1.54) is 12.1 Å². The molecule has 1 atom stereocenters. The minimum atomic E-state index is -2.87. The Hall–Kier alpha value is -0.610. The molecule has 0 radical (unpaired) electrons. The second-order valence-electron chi connectivity index (χ2n) is 3.23. The van der Waals surface area contributed by atoms with Crippen LogP contribution >= 0.6 is 11.6 Å². The van der Waals surface area contributed by atoms with Gasteiger partial charge >= 0.3 is 0 Å². The van der Waals surface area contributed by atoms with E-state index in [-0.39, 0.29) is 15.2 Å². The Kier molecular flexibility index (Phi) is 3.17. The van der Waals surface area contributed by atoms with Gasteiger partial charge in [-0.1, -0.05) is 11.6 Å². The summed E-state index contributed by atoms with van der Waals surface area (Å²) >= 11 is 5.54. The third-order valence-electron chi connectivity index (χ3n) is 1.91. The fraction of sp³-hybridized carbons (Fsp3) is 0.333. The van der Waals surface area contributed by atoms with E-state index in [1.807, 2.05) is 0 Å². The normalized spacial score (nSPS) is 15.5. The van der Waals surface area contributed by atoms with Crippen molar-refractivity contribution in [2.24, 2.45) is 0 Å². The molecule has 14 heavy (non-hydrogen) atoms. The molecule has 1 rings (SSSR count). The number of hydrogen-bond acceptors (Lipinski definition) is 2. The van der Waals surface area contributed by atoms with Crippen LogP contribution in [-0.4, -0.2) is 9.46 Å². The highest BCUT2D eigenvalue weighted by molar-refractivity contribution is 7.93. The summed E-state index contributed by atoms with van der Waals surface area (Å²) < 4.78 is 32.3. The molecule has 0 saturated heterocycles. The lowest BCUT2D eigenvalue weighted by Crippen LogP contribution is -2.12. The summed E-state index contributed by atoms with van der Waals surface area (Å²) in [6.45, 7) is 3.37. The molecule has 0 spiro atoms. The molecular weight excluding hydrogens is 225 g/mol. The maximum absolute atomic E-state index is 12.8. The third kappa shape index (κ3) is 2.07. The quantitative estimate of drug-likeness (QED) is 0.840. The molecule has 0 saturated carbocycles. The summed E-state index contributed by atoms with van der Waals surface area (Å²) in [5, 5.41) is -0.410. The van der Waals surface area contributed by atoms with E-state index in [2.05, 4.69) is 0 Å². The van der Waals surface area contributed by atoms with E-state index in [4.69, 9.17) is 16.4 Å². The monoisotopic (exact) mass is 235 g/mol. The van der Waals surface area contributed by atoms with Gasteiger partial charge in [0.1, 0.15) is 5.82 Å². The molecule has 1 N–H and O–H groups in total. The number of rotatable bonds is 2. The Morgan fingerprint density at radius 2 is 2.07 bits per heavy atom. The van der Waals surface area contributed by atoms with Gasteiger partial charge in [-0.2, -0.15) is 0 Å². The van der Waals surface area contributed by atoms with Gasteiger partial charge in [0.2, 0.25) is 0 Å². The Labute approximate surface area is 88.1 Å². The average Bonchev–Trinajstić information content (AvgIpc) is 2.09. The van der Waals surface area contributed by atoms with Crippen molar-refractivity contribution in [1.82, 2.24) is 0 Å². The molecule has 0 aliphatic rings. The fourth-order valence-corrected chi connectivity index (χ4v) is 2.29. The molecule has 0 bridgehead atoms. The van der Waals surface area contributed by atoms with Crippen LogP contribution in [0.2, 0.25) is 5.02 Å². The van der Waals surface area contributed by atoms with Crippen LogP contribution in [0, 0.1) is 10.6 Å². The van der Waals surface area contributed by atoms with E-state index in [0.29, 0.717) is 0 Å². The first-order chi connectivity index (χ1) is 6.35. The van der Waals surface area contributed by atoms with Crippen LogP contribution in [0.15, 0.2) is 23.1 Å². The summed E-state index contributed by atoms with van der Waals surface area (Å²) in [4.78, 5) is 0.277. The first-order valence-electron chi connectivity index (χ1n) is 4.08. The highest BCUT2D eigenvalue weighted by Gasteiger charge is 2.16. The zero-order valence-electron chi connectivity index (χ0n) is 7.88. The lowest BCUT2D eigenvalue weighted by molar-refractivity contribution is 0.626. The Bertz CT molecular complexity index is 442. The molecule has 0 aromatic heterocycles. The van der Waals surface area contributed by atoms with Crippen molar-refractivity contribution in [2.45, 2.75) is 24.0 Å². The van der Waals surface area contributed by atoms with E-state index < -0.39 is 15.5 Å². The highest BCUT2D eigenvalue weighted by atomic mass is 35.5. The average molecular weight is 236 g/mol. The topological polar surface area (TPSA) is 40.9 Å². The summed E-state index contributed by atoms with van der Waals surface area (Å²) in [5.41, 5.74) is 0. The van der Waals surface area contributed by atoms with Crippen molar-refractivity contribution >= 4 is 21.3 Å². The molecule has 0 heterocycles. The van der Waals surface area contributed by atoms with Gasteiger partial charge in [-0.05, 0) is 32.0 Å². The predicted octanol–water partition coefficient (Wildman–Crippen LogP) is 3.29. The van der Waals surface area contributed by atoms with Crippen molar-refractivity contribution in [3.63, 3.8) is 0 Å². The molecule has 1 aromatic carbocycles. The van der Waals surface area contributed by atoms with Crippen molar-refractivity contribution < 1.29 is 8.60 Å². The van der Waals surface area contributed by atoms with Crippen LogP contribution in [-0.2, 0) is 9.73 Å². The molecule has 0 aliphatic heterocycles. The second-order valence-corrected chi connectivity index (χ2v) is 6.25. The van der Waals surface area contributed by atoms with Gasteiger partial charge in [-0.15, -0.1) is 0 Å². The van der Waals surface area contributed by atoms with E-state index in [9.17, 15) is 8.60 Å². The molecular formula is C9H11ClFNOS. The molecule has 2 nitrogen and oxygen atoms in total. The maximum atomic E-state index is 12.8. The standard InChI is InChI=1S/C9H11ClFNOS/c1-6(2)14(12,13)7-3-4-9(11)8(10)5-7/h3-6,12H,1-2H3. The minimum absolute atomic E-state index is 0.0943. The molecule has 0 fully saturated rings. The van der Waals surface area contributed by atoms with E-state index in [0.717, 1.165) is 6.07 Å². The van der Waals surface area contributed by atoms with Crippen LogP contribution < -0.4 is 0 Å². The Balaban J connectivity index is 3.29. The van der Waals surface area contributed by atoms with Crippen molar-refractivity contribution in [1.29, 1.82) is 4.78 Å². The van der Waals surface area contributed by atoms with Gasteiger partial charge in [0.25, 0.3) is 0 Å². The van der Waals surface area contributed by atoms with Gasteiger partial charge in [0, 0.05) is 10.1 Å².